The number of ether oxygens (including phenoxy) is 1. The van der Waals surface area contributed by atoms with E-state index in [4.69, 9.17) is 16.2 Å². The Kier molecular flexibility index (Phi) is 6.82. The predicted octanol–water partition coefficient (Wildman–Crippen LogP) is 2.78. The molecule has 0 aliphatic rings. The van der Waals surface area contributed by atoms with Crippen LogP contribution >= 0.6 is 11.8 Å². The van der Waals surface area contributed by atoms with E-state index in [1.165, 1.54) is 12.3 Å². The molecule has 0 spiro atoms. The summed E-state index contributed by atoms with van der Waals surface area (Å²) in [7, 11) is 0. The Morgan fingerprint density at radius 2 is 1.40 bits per heavy atom. The molecule has 7 nitrogen and oxygen atoms in total. The number of carbonyl (C=O) groups excluding carboxylic acids is 3. The highest BCUT2D eigenvalue weighted by Gasteiger charge is 2.27. The summed E-state index contributed by atoms with van der Waals surface area (Å²) < 4.78 is 5.39. The van der Waals surface area contributed by atoms with Gasteiger partial charge in [0.2, 0.25) is 12.0 Å². The molecule has 0 radical (unpaired) electrons. The van der Waals surface area contributed by atoms with Crippen molar-refractivity contribution in [2.24, 2.45) is 11.5 Å². The number of nitrogens with two attached hydrogens (primary N) is 2. The van der Waals surface area contributed by atoms with Crippen LogP contribution in [0.5, 0.6) is 0 Å². The van der Waals surface area contributed by atoms with E-state index >= 15 is 0 Å². The van der Waals surface area contributed by atoms with Crippen molar-refractivity contribution in [3.63, 3.8) is 0 Å². The average molecular weight is 421 g/mol. The summed E-state index contributed by atoms with van der Waals surface area (Å²) in [6.07, 6.45) is 0.239. The molecule has 0 aliphatic carbocycles. The molecule has 1 aromatic heterocycles. The van der Waals surface area contributed by atoms with Crippen LogP contribution in [0.25, 0.3) is 0 Å². The SMILES string of the molecule is NC(=O)C(OC(=O)c1cccnc1SC(C(N)=O)c1ccccc1)c1ccccc1. The fourth-order valence-electron chi connectivity index (χ4n) is 2.76. The second kappa shape index (κ2) is 9.71. The minimum absolute atomic E-state index is 0.104. The zero-order valence-corrected chi connectivity index (χ0v) is 16.6. The Bertz CT molecular complexity index is 1040. The number of hydrogen-bond acceptors (Lipinski definition) is 6. The summed E-state index contributed by atoms with van der Waals surface area (Å²) in [4.78, 5) is 41.0. The fourth-order valence-corrected chi connectivity index (χ4v) is 3.79. The van der Waals surface area contributed by atoms with Crippen LogP contribution in [0.15, 0.2) is 84.0 Å². The third-order valence-electron chi connectivity index (χ3n) is 4.17. The summed E-state index contributed by atoms with van der Waals surface area (Å²) >= 11 is 1.03. The van der Waals surface area contributed by atoms with Crippen molar-refractivity contribution in [1.82, 2.24) is 4.98 Å². The molecule has 0 saturated heterocycles. The van der Waals surface area contributed by atoms with Crippen molar-refractivity contribution in [2.45, 2.75) is 16.4 Å². The molecule has 152 valence electrons. The largest absolute Gasteiger partial charge is 0.444 e. The topological polar surface area (TPSA) is 125 Å². The van der Waals surface area contributed by atoms with Gasteiger partial charge in [0.05, 0.1) is 5.56 Å². The minimum Gasteiger partial charge on any atom is -0.444 e. The van der Waals surface area contributed by atoms with E-state index in [-0.39, 0.29) is 10.6 Å². The molecule has 0 saturated carbocycles. The molecule has 4 N–H and O–H groups in total. The first-order valence-corrected chi connectivity index (χ1v) is 9.86. The number of amides is 2. The molecule has 2 aromatic carbocycles. The van der Waals surface area contributed by atoms with Crippen molar-refractivity contribution < 1.29 is 19.1 Å². The highest BCUT2D eigenvalue weighted by atomic mass is 32.2. The molecule has 8 heteroatoms. The molecule has 2 amide bonds. The maximum absolute atomic E-state index is 12.8. The number of nitrogens with zero attached hydrogens (tertiary/aromatic N) is 1. The maximum atomic E-state index is 12.8. The first kappa shape index (κ1) is 21.1. The van der Waals surface area contributed by atoms with Gasteiger partial charge in [0.15, 0.2) is 0 Å². The Morgan fingerprint density at radius 3 is 1.97 bits per heavy atom. The molecule has 2 atom stereocenters. The zero-order chi connectivity index (χ0) is 21.5. The van der Waals surface area contributed by atoms with E-state index in [0.29, 0.717) is 11.1 Å². The quantitative estimate of drug-likeness (QED) is 0.425. The summed E-state index contributed by atoms with van der Waals surface area (Å²) in [6, 6.07) is 20.5. The van der Waals surface area contributed by atoms with Crippen molar-refractivity contribution in [2.75, 3.05) is 0 Å². The van der Waals surface area contributed by atoms with Gasteiger partial charge in [-0.05, 0) is 17.7 Å². The van der Waals surface area contributed by atoms with Crippen LogP contribution in [0.1, 0.15) is 32.8 Å². The van der Waals surface area contributed by atoms with Crippen LogP contribution in [0, 0.1) is 0 Å². The van der Waals surface area contributed by atoms with Gasteiger partial charge in [-0.15, -0.1) is 0 Å². The van der Waals surface area contributed by atoms with E-state index in [1.807, 2.05) is 6.07 Å². The van der Waals surface area contributed by atoms with E-state index in [1.54, 1.807) is 60.7 Å². The van der Waals surface area contributed by atoms with E-state index in [9.17, 15) is 14.4 Å². The Balaban J connectivity index is 1.88. The molecule has 2 unspecified atom stereocenters. The number of rotatable bonds is 8. The first-order chi connectivity index (χ1) is 14.5. The maximum Gasteiger partial charge on any atom is 0.342 e. The molecule has 0 aliphatic heterocycles. The van der Waals surface area contributed by atoms with E-state index < -0.39 is 29.1 Å². The molecule has 1 heterocycles. The molecule has 3 rings (SSSR count). The van der Waals surface area contributed by atoms with E-state index in [2.05, 4.69) is 4.98 Å². The molecule has 0 fully saturated rings. The lowest BCUT2D eigenvalue weighted by Crippen LogP contribution is -2.26. The van der Waals surface area contributed by atoms with Crippen molar-refractivity contribution in [1.29, 1.82) is 0 Å². The summed E-state index contributed by atoms with van der Waals surface area (Å²) in [5.41, 5.74) is 12.2. The van der Waals surface area contributed by atoms with Crippen LogP contribution in [0.4, 0.5) is 0 Å². The van der Waals surface area contributed by atoms with Gasteiger partial charge in [0, 0.05) is 11.8 Å². The number of primary amides is 2. The lowest BCUT2D eigenvalue weighted by Gasteiger charge is -2.17. The van der Waals surface area contributed by atoms with Gasteiger partial charge in [0.25, 0.3) is 5.91 Å². The average Bonchev–Trinajstić information content (AvgIpc) is 2.76. The Hall–Kier alpha value is -3.65. The van der Waals surface area contributed by atoms with Crippen LogP contribution in [0.3, 0.4) is 0 Å². The Labute approximate surface area is 177 Å². The van der Waals surface area contributed by atoms with Crippen LogP contribution in [-0.2, 0) is 14.3 Å². The number of esters is 1. The highest BCUT2D eigenvalue weighted by molar-refractivity contribution is 8.00. The van der Waals surface area contributed by atoms with Crippen LogP contribution in [0.2, 0.25) is 0 Å². The number of carbonyl (C=O) groups is 3. The summed E-state index contributed by atoms with van der Waals surface area (Å²) in [5, 5.41) is -0.500. The van der Waals surface area contributed by atoms with Gasteiger partial charge < -0.3 is 16.2 Å². The summed E-state index contributed by atoms with van der Waals surface area (Å²) in [5.74, 6) is -2.16. The zero-order valence-electron chi connectivity index (χ0n) is 15.8. The third kappa shape index (κ3) is 5.03. The minimum atomic E-state index is -1.25. The molecule has 30 heavy (non-hydrogen) atoms. The van der Waals surface area contributed by atoms with Gasteiger partial charge >= 0.3 is 5.97 Å². The monoisotopic (exact) mass is 421 g/mol. The Morgan fingerprint density at radius 1 is 0.800 bits per heavy atom. The lowest BCUT2D eigenvalue weighted by molar-refractivity contribution is -0.127. The second-order valence-corrected chi connectivity index (χ2v) is 7.36. The molecule has 0 bridgehead atoms. The molecule has 3 aromatic rings. The number of pyridine rings is 1. The van der Waals surface area contributed by atoms with E-state index in [0.717, 1.165) is 11.8 Å². The van der Waals surface area contributed by atoms with Crippen LogP contribution in [-0.4, -0.2) is 22.8 Å². The van der Waals surface area contributed by atoms with Crippen LogP contribution < -0.4 is 11.5 Å². The number of benzene rings is 2. The smallest absolute Gasteiger partial charge is 0.342 e. The molecular weight excluding hydrogens is 402 g/mol. The highest BCUT2D eigenvalue weighted by Crippen LogP contribution is 2.36. The number of thioether (sulfide) groups is 1. The van der Waals surface area contributed by atoms with Crippen molar-refractivity contribution >= 4 is 29.5 Å². The standard InChI is InChI=1S/C22H19N3O4S/c23-19(26)17(14-8-3-1-4-9-14)29-22(28)16-12-7-13-25-21(16)30-18(20(24)27)15-10-5-2-6-11-15/h1-13,17-18H,(H2,23,26)(H2,24,27). The second-order valence-electron chi connectivity index (χ2n) is 6.27. The number of aromatic nitrogens is 1. The van der Waals surface area contributed by atoms with Gasteiger partial charge in [-0.3, -0.25) is 9.59 Å². The fraction of sp³-hybridized carbons (Fsp3) is 0.0909. The predicted molar refractivity (Wildman–Crippen MR) is 112 cm³/mol. The van der Waals surface area contributed by atoms with Gasteiger partial charge in [-0.1, -0.05) is 72.4 Å². The summed E-state index contributed by atoms with van der Waals surface area (Å²) in [6.45, 7) is 0. The first-order valence-electron chi connectivity index (χ1n) is 8.98. The van der Waals surface area contributed by atoms with Gasteiger partial charge in [0.1, 0.15) is 10.3 Å². The van der Waals surface area contributed by atoms with Gasteiger partial charge in [-0.2, -0.15) is 0 Å². The molecular formula is C22H19N3O4S. The van der Waals surface area contributed by atoms with Gasteiger partial charge in [-0.25, -0.2) is 9.78 Å². The van der Waals surface area contributed by atoms with Crippen molar-refractivity contribution in [3.8, 4) is 0 Å². The number of hydrogen-bond donors (Lipinski definition) is 2. The lowest BCUT2D eigenvalue weighted by atomic mass is 10.1. The normalized spacial score (nSPS) is 12.5. The van der Waals surface area contributed by atoms with Crippen molar-refractivity contribution in [3.05, 3.63) is 95.7 Å². The third-order valence-corrected chi connectivity index (χ3v) is 5.46.